The first-order chi connectivity index (χ1) is 12.0. The third-order valence-electron chi connectivity index (χ3n) is 3.71. The Hall–Kier alpha value is -1.18. The number of hydrogen-bond donors (Lipinski definition) is 0. The fourth-order valence-corrected chi connectivity index (χ4v) is 2.94. The Balaban J connectivity index is 0.00000338. The van der Waals surface area contributed by atoms with E-state index in [2.05, 4.69) is 0 Å². The zero-order valence-corrected chi connectivity index (χ0v) is 17.7. The molecule has 0 radical (unpaired) electrons. The van der Waals surface area contributed by atoms with Gasteiger partial charge in [-0.05, 0) is 37.1 Å². The average molecular weight is 384 g/mol. The standard InChI is InChI=1S/C19H22O5S.Na/c20-19(16-8-4-3-5-9-16)17-10-12-18(13-11-17)24-14-6-1-2-7-15-25(21,22)23;/h3-5,8-13H,1-2,6-7,14-15H2,(H,21,22,23);/q;+1/p-1. The Morgan fingerprint density at radius 3 is 2.04 bits per heavy atom. The monoisotopic (exact) mass is 384 g/mol. The van der Waals surface area contributed by atoms with Crippen molar-refractivity contribution in [3.8, 4) is 5.75 Å². The quantitative estimate of drug-likeness (QED) is 0.256. The molecule has 0 fully saturated rings. The second-order valence-corrected chi connectivity index (χ2v) is 7.27. The topological polar surface area (TPSA) is 83.5 Å². The molecule has 5 nitrogen and oxygen atoms in total. The number of hydrogen-bond acceptors (Lipinski definition) is 5. The van der Waals surface area contributed by atoms with Gasteiger partial charge in [-0.2, -0.15) is 0 Å². The van der Waals surface area contributed by atoms with Crippen LogP contribution in [0.4, 0.5) is 0 Å². The van der Waals surface area contributed by atoms with Gasteiger partial charge in [0.25, 0.3) is 0 Å². The van der Waals surface area contributed by atoms with Crippen molar-refractivity contribution in [3.05, 3.63) is 65.7 Å². The van der Waals surface area contributed by atoms with Crippen LogP contribution in [0.5, 0.6) is 5.75 Å². The minimum atomic E-state index is -4.10. The van der Waals surface area contributed by atoms with E-state index < -0.39 is 10.1 Å². The Bertz CT molecular complexity index is 773. The van der Waals surface area contributed by atoms with E-state index in [0.29, 0.717) is 36.3 Å². The van der Waals surface area contributed by atoms with E-state index in [1.54, 1.807) is 36.4 Å². The Morgan fingerprint density at radius 1 is 0.846 bits per heavy atom. The van der Waals surface area contributed by atoms with E-state index >= 15 is 0 Å². The van der Waals surface area contributed by atoms with E-state index in [9.17, 15) is 17.8 Å². The van der Waals surface area contributed by atoms with Crippen molar-refractivity contribution in [2.45, 2.75) is 25.7 Å². The normalized spacial score (nSPS) is 10.8. The maximum absolute atomic E-state index is 12.3. The first kappa shape index (κ1) is 22.9. The molecule has 0 atom stereocenters. The molecule has 0 aliphatic carbocycles. The van der Waals surface area contributed by atoms with Crippen molar-refractivity contribution >= 4 is 15.9 Å². The van der Waals surface area contributed by atoms with Crippen LogP contribution >= 0.6 is 0 Å². The maximum Gasteiger partial charge on any atom is 1.00 e. The number of carbonyl (C=O) groups is 1. The van der Waals surface area contributed by atoms with Crippen molar-refractivity contribution in [1.29, 1.82) is 0 Å². The van der Waals surface area contributed by atoms with Gasteiger partial charge in [0.2, 0.25) is 0 Å². The number of carbonyl (C=O) groups excluding carboxylic acids is 1. The number of benzene rings is 2. The van der Waals surface area contributed by atoms with Crippen molar-refractivity contribution in [2.24, 2.45) is 0 Å². The minimum absolute atomic E-state index is 0. The fourth-order valence-electron chi connectivity index (χ4n) is 2.38. The van der Waals surface area contributed by atoms with Gasteiger partial charge in [0.05, 0.1) is 16.7 Å². The molecular formula is C19H21NaO5S. The molecule has 0 heterocycles. The van der Waals surface area contributed by atoms with Gasteiger partial charge in [0.1, 0.15) is 5.75 Å². The molecule has 7 heteroatoms. The van der Waals surface area contributed by atoms with Crippen LogP contribution in [0.25, 0.3) is 0 Å². The first-order valence-corrected chi connectivity index (χ1v) is 9.79. The van der Waals surface area contributed by atoms with Gasteiger partial charge >= 0.3 is 29.6 Å². The fraction of sp³-hybridized carbons (Fsp3) is 0.316. The SMILES string of the molecule is O=C(c1ccccc1)c1ccc(OCCCCCCS(=O)(=O)[O-])cc1.[Na+]. The van der Waals surface area contributed by atoms with E-state index in [4.69, 9.17) is 4.74 Å². The summed E-state index contributed by atoms with van der Waals surface area (Å²) >= 11 is 0. The summed E-state index contributed by atoms with van der Waals surface area (Å²) in [6.07, 6.45) is 2.67. The van der Waals surface area contributed by atoms with Gasteiger partial charge in [-0.1, -0.05) is 43.2 Å². The van der Waals surface area contributed by atoms with Gasteiger partial charge in [0, 0.05) is 16.9 Å². The van der Waals surface area contributed by atoms with Gasteiger partial charge in [0.15, 0.2) is 5.78 Å². The second-order valence-electron chi connectivity index (χ2n) is 5.74. The number of ether oxygens (including phenoxy) is 1. The van der Waals surface area contributed by atoms with Crippen molar-refractivity contribution in [3.63, 3.8) is 0 Å². The summed E-state index contributed by atoms with van der Waals surface area (Å²) in [5, 5.41) is 0. The summed E-state index contributed by atoms with van der Waals surface area (Å²) in [6.45, 7) is 0.510. The van der Waals surface area contributed by atoms with Crippen LogP contribution in [0.1, 0.15) is 41.6 Å². The molecule has 2 aromatic carbocycles. The molecule has 0 unspecified atom stereocenters. The van der Waals surface area contributed by atoms with Crippen LogP contribution in [0.15, 0.2) is 54.6 Å². The first-order valence-electron chi connectivity index (χ1n) is 8.22. The second kappa shape index (κ2) is 11.5. The summed E-state index contributed by atoms with van der Waals surface area (Å²) < 4.78 is 37.0. The molecule has 26 heavy (non-hydrogen) atoms. The van der Waals surface area contributed by atoms with E-state index in [-0.39, 0.29) is 41.1 Å². The number of ketones is 1. The summed E-state index contributed by atoms with van der Waals surface area (Å²) in [5.41, 5.74) is 1.26. The number of rotatable bonds is 10. The predicted molar refractivity (Wildman–Crippen MR) is 94.8 cm³/mol. The average Bonchev–Trinajstić information content (AvgIpc) is 2.60. The van der Waals surface area contributed by atoms with Crippen LogP contribution < -0.4 is 34.3 Å². The van der Waals surface area contributed by atoms with Gasteiger partial charge in [-0.25, -0.2) is 8.42 Å². The van der Waals surface area contributed by atoms with Crippen LogP contribution in [0.2, 0.25) is 0 Å². The summed E-state index contributed by atoms with van der Waals surface area (Å²) in [6, 6.07) is 16.1. The summed E-state index contributed by atoms with van der Waals surface area (Å²) in [5.74, 6) is 0.359. The van der Waals surface area contributed by atoms with Crippen LogP contribution in [-0.4, -0.2) is 31.1 Å². The summed E-state index contributed by atoms with van der Waals surface area (Å²) in [4.78, 5) is 12.3. The molecule has 0 aliphatic heterocycles. The molecule has 0 amide bonds. The Labute approximate surface area is 176 Å². The molecule has 2 rings (SSSR count). The molecule has 0 N–H and O–H groups in total. The Kier molecular flexibility index (Phi) is 10.1. The van der Waals surface area contributed by atoms with Crippen molar-refractivity contribution in [2.75, 3.05) is 12.4 Å². The molecule has 0 aliphatic rings. The third-order valence-corrected chi connectivity index (χ3v) is 4.50. The largest absolute Gasteiger partial charge is 1.00 e. The third kappa shape index (κ3) is 8.47. The molecule has 0 bridgehead atoms. The van der Waals surface area contributed by atoms with Gasteiger partial charge in [-0.3, -0.25) is 4.79 Å². The van der Waals surface area contributed by atoms with Crippen molar-refractivity contribution < 1.29 is 52.1 Å². The van der Waals surface area contributed by atoms with Crippen LogP contribution in [-0.2, 0) is 10.1 Å². The predicted octanol–water partition coefficient (Wildman–Crippen LogP) is 0.406. The summed E-state index contributed by atoms with van der Waals surface area (Å²) in [7, 11) is -4.10. The molecule has 0 aromatic heterocycles. The molecule has 2 aromatic rings. The molecule has 134 valence electrons. The van der Waals surface area contributed by atoms with Crippen LogP contribution in [0, 0.1) is 0 Å². The molecular weight excluding hydrogens is 363 g/mol. The van der Waals surface area contributed by atoms with Gasteiger partial charge in [-0.15, -0.1) is 0 Å². The Morgan fingerprint density at radius 2 is 1.42 bits per heavy atom. The van der Waals surface area contributed by atoms with E-state index in [1.165, 1.54) is 0 Å². The molecule has 0 saturated carbocycles. The smallest absolute Gasteiger partial charge is 0.748 e. The zero-order valence-electron chi connectivity index (χ0n) is 14.9. The van der Waals surface area contributed by atoms with Gasteiger partial charge < -0.3 is 9.29 Å². The zero-order chi connectivity index (χ0) is 18.1. The van der Waals surface area contributed by atoms with E-state index in [0.717, 1.165) is 12.8 Å². The molecule has 0 saturated heterocycles. The van der Waals surface area contributed by atoms with Crippen LogP contribution in [0.3, 0.4) is 0 Å². The van der Waals surface area contributed by atoms with E-state index in [1.807, 2.05) is 18.2 Å². The molecule has 0 spiro atoms. The minimum Gasteiger partial charge on any atom is -0.748 e. The van der Waals surface area contributed by atoms with Crippen molar-refractivity contribution in [1.82, 2.24) is 0 Å². The number of unbranched alkanes of at least 4 members (excludes halogenated alkanes) is 3. The maximum atomic E-state index is 12.3.